The van der Waals surface area contributed by atoms with Gasteiger partial charge in [0.2, 0.25) is 0 Å². The standard InChI is InChI=1S/C44H83O/c1-3-5-7-9-11-13-15-17-19-21-23-25-27-29-31-33-35-37-39-41-43-44(45)42-40-38-36-34-32-30-28-26-24-22-20-18-16-14-12-10-8-6-4-2/h17-20,43H,3-16,21-42H2,1-2H3/b19-17-,20-18?. The first-order chi connectivity index (χ1) is 22.3. The van der Waals surface area contributed by atoms with Crippen molar-refractivity contribution in [3.05, 3.63) is 30.7 Å². The number of allylic oxidation sites excluding steroid dienone is 4. The number of rotatable bonds is 39. The molecule has 0 unspecified atom stereocenters. The maximum absolute atomic E-state index is 12.2. The van der Waals surface area contributed by atoms with Gasteiger partial charge in [0.25, 0.3) is 0 Å². The van der Waals surface area contributed by atoms with E-state index in [1.807, 2.05) is 6.42 Å². The van der Waals surface area contributed by atoms with Crippen LogP contribution in [0.25, 0.3) is 0 Å². The second kappa shape index (κ2) is 41.2. The van der Waals surface area contributed by atoms with Crippen molar-refractivity contribution in [1.82, 2.24) is 0 Å². The highest BCUT2D eigenvalue weighted by molar-refractivity contribution is 5.86. The number of unbranched alkanes of at least 4 members (excludes halogenated alkanes) is 31. The number of hydrogen-bond acceptors (Lipinski definition) is 1. The molecule has 0 rings (SSSR count). The van der Waals surface area contributed by atoms with Crippen molar-refractivity contribution >= 4 is 5.78 Å². The van der Waals surface area contributed by atoms with E-state index in [-0.39, 0.29) is 0 Å². The smallest absolute Gasteiger partial charge is 0.136 e. The summed E-state index contributed by atoms with van der Waals surface area (Å²) in [5.41, 5.74) is 0. The lowest BCUT2D eigenvalue weighted by atomic mass is 10.0. The zero-order valence-corrected chi connectivity index (χ0v) is 31.3. The van der Waals surface area contributed by atoms with E-state index >= 15 is 0 Å². The molecule has 0 bridgehead atoms. The van der Waals surface area contributed by atoms with Gasteiger partial charge in [0.1, 0.15) is 5.78 Å². The van der Waals surface area contributed by atoms with E-state index in [2.05, 4.69) is 38.2 Å². The molecule has 1 radical (unpaired) electrons. The summed E-state index contributed by atoms with van der Waals surface area (Å²) in [6, 6.07) is 0. The molecule has 0 N–H and O–H groups in total. The Morgan fingerprint density at radius 1 is 0.311 bits per heavy atom. The van der Waals surface area contributed by atoms with Gasteiger partial charge in [0.05, 0.1) is 0 Å². The van der Waals surface area contributed by atoms with E-state index in [9.17, 15) is 4.79 Å². The number of carbonyl (C=O) groups excluding carboxylic acids is 1. The number of ketones is 1. The molecule has 0 spiro atoms. The SMILES string of the molecule is CCCCCCCCC=CCCCCCCCCCCCC(=O)[CH]CCCCCCCCCCC/C=C\CCCCCCCC. The lowest BCUT2D eigenvalue weighted by molar-refractivity contribution is -0.116. The quantitative estimate of drug-likeness (QED) is 0.0489. The zero-order valence-electron chi connectivity index (χ0n) is 31.3. The summed E-state index contributed by atoms with van der Waals surface area (Å²) in [5.74, 6) is 0.397. The van der Waals surface area contributed by atoms with Crippen LogP contribution in [0.5, 0.6) is 0 Å². The predicted octanol–water partition coefficient (Wildman–Crippen LogP) is 16.0. The third kappa shape index (κ3) is 41.1. The molecule has 0 aromatic rings. The lowest BCUT2D eigenvalue weighted by Gasteiger charge is -2.04. The van der Waals surface area contributed by atoms with Crippen LogP contribution in [0.2, 0.25) is 0 Å². The molecule has 45 heavy (non-hydrogen) atoms. The Bertz CT molecular complexity index is 602. The highest BCUT2D eigenvalue weighted by Crippen LogP contribution is 2.15. The van der Waals surface area contributed by atoms with Crippen LogP contribution >= 0.6 is 0 Å². The molecule has 0 fully saturated rings. The van der Waals surface area contributed by atoms with Gasteiger partial charge in [-0.15, -0.1) is 0 Å². The molecular formula is C44H83O. The Hall–Kier alpha value is -0.850. The Morgan fingerprint density at radius 2 is 0.556 bits per heavy atom. The topological polar surface area (TPSA) is 17.1 Å². The normalized spacial score (nSPS) is 11.9. The second-order valence-corrected chi connectivity index (χ2v) is 14.2. The molecule has 0 amide bonds. The first-order valence-electron chi connectivity index (χ1n) is 21.0. The van der Waals surface area contributed by atoms with Gasteiger partial charge < -0.3 is 0 Å². The lowest BCUT2D eigenvalue weighted by Crippen LogP contribution is -1.98. The predicted molar refractivity (Wildman–Crippen MR) is 205 cm³/mol. The van der Waals surface area contributed by atoms with Crippen molar-refractivity contribution < 1.29 is 4.79 Å². The van der Waals surface area contributed by atoms with Crippen LogP contribution in [0.4, 0.5) is 0 Å². The summed E-state index contributed by atoms with van der Waals surface area (Å²) < 4.78 is 0. The van der Waals surface area contributed by atoms with Crippen LogP contribution in [-0.2, 0) is 4.79 Å². The highest BCUT2D eigenvalue weighted by Gasteiger charge is 2.03. The molecule has 0 aromatic heterocycles. The van der Waals surface area contributed by atoms with Gasteiger partial charge in [-0.05, 0) is 64.2 Å². The van der Waals surface area contributed by atoms with Crippen molar-refractivity contribution in [2.24, 2.45) is 0 Å². The van der Waals surface area contributed by atoms with Crippen LogP contribution in [0.3, 0.4) is 0 Å². The summed E-state index contributed by atoms with van der Waals surface area (Å²) in [7, 11) is 0. The molecule has 0 aliphatic heterocycles. The maximum Gasteiger partial charge on any atom is 0.136 e. The minimum Gasteiger partial charge on any atom is -0.299 e. The van der Waals surface area contributed by atoms with Crippen molar-refractivity contribution in [2.75, 3.05) is 0 Å². The molecule has 0 saturated carbocycles. The van der Waals surface area contributed by atoms with Crippen LogP contribution in [0.1, 0.15) is 245 Å². The van der Waals surface area contributed by atoms with Crippen LogP contribution < -0.4 is 0 Å². The first kappa shape index (κ1) is 44.1. The number of carbonyl (C=O) groups is 1. The molecule has 0 aliphatic carbocycles. The first-order valence-corrected chi connectivity index (χ1v) is 21.0. The Balaban J connectivity index is 3.20. The molecule has 0 aromatic carbocycles. The van der Waals surface area contributed by atoms with Gasteiger partial charge in [-0.25, -0.2) is 0 Å². The summed E-state index contributed by atoms with van der Waals surface area (Å²) in [4.78, 5) is 12.2. The summed E-state index contributed by atoms with van der Waals surface area (Å²) in [6.07, 6.45) is 59.5. The Kier molecular flexibility index (Phi) is 40.4. The zero-order chi connectivity index (χ0) is 32.6. The van der Waals surface area contributed by atoms with E-state index in [0.717, 1.165) is 19.3 Å². The monoisotopic (exact) mass is 628 g/mol. The van der Waals surface area contributed by atoms with E-state index in [4.69, 9.17) is 0 Å². The summed E-state index contributed by atoms with van der Waals surface area (Å²) in [5, 5.41) is 0. The average Bonchev–Trinajstić information content (AvgIpc) is 3.05. The molecule has 0 heterocycles. The molecule has 1 nitrogen and oxygen atoms in total. The van der Waals surface area contributed by atoms with Crippen molar-refractivity contribution in [2.45, 2.75) is 245 Å². The van der Waals surface area contributed by atoms with Crippen molar-refractivity contribution in [3.63, 3.8) is 0 Å². The summed E-state index contributed by atoms with van der Waals surface area (Å²) in [6.45, 7) is 4.58. The Morgan fingerprint density at radius 3 is 0.867 bits per heavy atom. The third-order valence-electron chi connectivity index (χ3n) is 9.52. The number of hydrogen-bond donors (Lipinski definition) is 0. The van der Waals surface area contributed by atoms with Gasteiger partial charge in [0, 0.05) is 12.8 Å². The molecular weight excluding hydrogens is 544 g/mol. The molecule has 1 heteroatoms. The fraction of sp³-hybridized carbons (Fsp3) is 0.864. The average molecular weight is 628 g/mol. The fourth-order valence-corrected chi connectivity index (χ4v) is 6.36. The van der Waals surface area contributed by atoms with Gasteiger partial charge in [-0.3, -0.25) is 4.79 Å². The molecule has 0 aliphatic rings. The molecule has 265 valence electrons. The van der Waals surface area contributed by atoms with Crippen molar-refractivity contribution in [1.29, 1.82) is 0 Å². The van der Waals surface area contributed by atoms with E-state index in [0.29, 0.717) is 5.78 Å². The van der Waals surface area contributed by atoms with Crippen LogP contribution in [-0.4, -0.2) is 5.78 Å². The van der Waals surface area contributed by atoms with Gasteiger partial charge in [-0.1, -0.05) is 199 Å². The number of Topliss-reactive ketones (excluding diaryl/α,β-unsaturated/α-hetero) is 1. The van der Waals surface area contributed by atoms with Gasteiger partial charge in [0.15, 0.2) is 0 Å². The van der Waals surface area contributed by atoms with E-state index < -0.39 is 0 Å². The highest BCUT2D eigenvalue weighted by atomic mass is 16.1. The molecule has 0 atom stereocenters. The van der Waals surface area contributed by atoms with Crippen LogP contribution in [0, 0.1) is 6.42 Å². The third-order valence-corrected chi connectivity index (χ3v) is 9.52. The minimum absolute atomic E-state index is 0.397. The van der Waals surface area contributed by atoms with E-state index in [1.54, 1.807) is 0 Å². The van der Waals surface area contributed by atoms with Crippen molar-refractivity contribution in [3.8, 4) is 0 Å². The molecule has 0 saturated heterocycles. The summed E-state index contributed by atoms with van der Waals surface area (Å²) >= 11 is 0. The second-order valence-electron chi connectivity index (χ2n) is 14.2. The maximum atomic E-state index is 12.2. The van der Waals surface area contributed by atoms with Gasteiger partial charge in [-0.2, -0.15) is 0 Å². The van der Waals surface area contributed by atoms with E-state index in [1.165, 1.54) is 212 Å². The fourth-order valence-electron chi connectivity index (χ4n) is 6.36. The Labute approximate surface area is 285 Å². The minimum atomic E-state index is 0.397. The van der Waals surface area contributed by atoms with Gasteiger partial charge >= 0.3 is 0 Å². The largest absolute Gasteiger partial charge is 0.299 e. The van der Waals surface area contributed by atoms with Crippen LogP contribution in [0.15, 0.2) is 24.3 Å².